The molecule has 0 N–H and O–H groups in total. The van der Waals surface area contributed by atoms with Crippen LogP contribution in [0.25, 0.3) is 10.9 Å². The predicted molar refractivity (Wildman–Crippen MR) is 115 cm³/mol. The summed E-state index contributed by atoms with van der Waals surface area (Å²) in [6.07, 6.45) is 1.64. The first-order valence-electron chi connectivity index (χ1n) is 7.72. The lowest BCUT2D eigenvalue weighted by Gasteiger charge is -2.11. The summed E-state index contributed by atoms with van der Waals surface area (Å²) in [5.41, 5.74) is 1.03. The monoisotopic (exact) mass is 496 g/mol. The number of benzene rings is 2. The van der Waals surface area contributed by atoms with Crippen molar-refractivity contribution >= 4 is 62.6 Å². The molecular weight excluding hydrogens is 483 g/mol. The van der Waals surface area contributed by atoms with E-state index in [1.165, 1.54) is 11.8 Å². The molecule has 3 rings (SSSR count). The Morgan fingerprint density at radius 3 is 2.85 bits per heavy atom. The minimum atomic E-state index is -0.133. The number of ketones is 1. The lowest BCUT2D eigenvalue weighted by Crippen LogP contribution is -2.23. The number of hydrogen-bond donors (Lipinski definition) is 0. The van der Waals surface area contributed by atoms with Crippen molar-refractivity contribution in [2.24, 2.45) is 0 Å². The minimum absolute atomic E-state index is 0.0698. The number of rotatable bonds is 6. The van der Waals surface area contributed by atoms with Gasteiger partial charge in [-0.1, -0.05) is 41.6 Å². The van der Waals surface area contributed by atoms with Crippen LogP contribution in [0.1, 0.15) is 10.4 Å². The van der Waals surface area contributed by atoms with E-state index < -0.39 is 0 Å². The molecule has 0 saturated carbocycles. The number of fused-ring (bicyclic) bond motifs is 1. The second-order valence-electron chi connectivity index (χ2n) is 5.48. The van der Waals surface area contributed by atoms with Gasteiger partial charge >= 0.3 is 0 Å². The van der Waals surface area contributed by atoms with Crippen LogP contribution >= 0.6 is 46.0 Å². The number of carbonyl (C=O) groups excluding carboxylic acids is 1. The van der Waals surface area contributed by atoms with Crippen molar-refractivity contribution in [3.63, 3.8) is 0 Å². The molecule has 0 saturated heterocycles. The lowest BCUT2D eigenvalue weighted by molar-refractivity contribution is 0.102. The van der Waals surface area contributed by atoms with E-state index in [0.29, 0.717) is 33.2 Å². The highest BCUT2D eigenvalue weighted by molar-refractivity contribution is 14.1. The van der Waals surface area contributed by atoms with Gasteiger partial charge in [0.15, 0.2) is 10.9 Å². The van der Waals surface area contributed by atoms with Crippen molar-refractivity contribution in [1.29, 1.82) is 0 Å². The highest BCUT2D eigenvalue weighted by atomic mass is 127. The van der Waals surface area contributed by atoms with E-state index >= 15 is 0 Å². The van der Waals surface area contributed by atoms with Crippen LogP contribution in [0.15, 0.2) is 65.1 Å². The van der Waals surface area contributed by atoms with Gasteiger partial charge in [-0.05, 0) is 52.9 Å². The third-order valence-corrected chi connectivity index (χ3v) is 5.55. The van der Waals surface area contributed by atoms with Gasteiger partial charge in [-0.25, -0.2) is 4.98 Å². The molecule has 3 aromatic rings. The molecule has 132 valence electrons. The zero-order valence-electron chi connectivity index (χ0n) is 13.6. The van der Waals surface area contributed by atoms with Gasteiger partial charge in [-0.3, -0.25) is 14.2 Å². The van der Waals surface area contributed by atoms with Crippen molar-refractivity contribution < 1.29 is 4.79 Å². The van der Waals surface area contributed by atoms with E-state index in [2.05, 4.69) is 34.2 Å². The van der Waals surface area contributed by atoms with Gasteiger partial charge in [0.25, 0.3) is 5.56 Å². The number of thioether (sulfide) groups is 1. The molecule has 0 aliphatic carbocycles. The molecule has 0 fully saturated rings. The maximum atomic E-state index is 12.8. The van der Waals surface area contributed by atoms with E-state index in [-0.39, 0.29) is 17.1 Å². The van der Waals surface area contributed by atoms with E-state index in [0.717, 1.165) is 3.57 Å². The molecule has 0 atom stereocenters. The summed E-state index contributed by atoms with van der Waals surface area (Å²) in [7, 11) is 0. The summed E-state index contributed by atoms with van der Waals surface area (Å²) in [4.78, 5) is 29.8. The van der Waals surface area contributed by atoms with Gasteiger partial charge in [-0.2, -0.15) is 0 Å². The number of allylic oxidation sites excluding steroid dienone is 1. The number of carbonyl (C=O) groups is 1. The highest BCUT2D eigenvalue weighted by Crippen LogP contribution is 2.21. The first-order valence-corrected chi connectivity index (χ1v) is 10.2. The van der Waals surface area contributed by atoms with Gasteiger partial charge in [0, 0.05) is 20.7 Å². The van der Waals surface area contributed by atoms with Crippen LogP contribution < -0.4 is 5.56 Å². The summed E-state index contributed by atoms with van der Waals surface area (Å²) in [6, 6.07) is 12.4. The molecule has 0 unspecified atom stereocenters. The molecule has 0 radical (unpaired) electrons. The quantitative estimate of drug-likeness (QED) is 0.161. The number of hydrogen-bond acceptors (Lipinski definition) is 4. The molecule has 0 aliphatic heterocycles. The third kappa shape index (κ3) is 4.19. The highest BCUT2D eigenvalue weighted by Gasteiger charge is 2.14. The molecule has 0 bridgehead atoms. The van der Waals surface area contributed by atoms with Crippen LogP contribution in [0.5, 0.6) is 0 Å². The Labute approximate surface area is 173 Å². The number of aromatic nitrogens is 2. The topological polar surface area (TPSA) is 52.0 Å². The van der Waals surface area contributed by atoms with Gasteiger partial charge in [-0.15, -0.1) is 6.58 Å². The number of halogens is 2. The Morgan fingerprint density at radius 1 is 1.31 bits per heavy atom. The molecule has 7 heteroatoms. The molecule has 0 aliphatic rings. The lowest BCUT2D eigenvalue weighted by atomic mass is 10.1. The van der Waals surface area contributed by atoms with Crippen LogP contribution in [0, 0.1) is 3.57 Å². The summed E-state index contributed by atoms with van der Waals surface area (Å²) in [6.45, 7) is 4.04. The summed E-state index contributed by atoms with van der Waals surface area (Å²) in [5, 5.41) is 1.58. The average molecular weight is 497 g/mol. The van der Waals surface area contributed by atoms with Crippen LogP contribution in [0.2, 0.25) is 5.02 Å². The van der Waals surface area contributed by atoms with Gasteiger partial charge in [0.2, 0.25) is 0 Å². The molecule has 1 heterocycles. The van der Waals surface area contributed by atoms with Gasteiger partial charge in [0.1, 0.15) is 0 Å². The van der Waals surface area contributed by atoms with E-state index in [9.17, 15) is 9.59 Å². The zero-order chi connectivity index (χ0) is 18.7. The molecule has 26 heavy (non-hydrogen) atoms. The van der Waals surface area contributed by atoms with Crippen LogP contribution in [-0.4, -0.2) is 21.1 Å². The summed E-state index contributed by atoms with van der Waals surface area (Å²) in [5.74, 6) is 0.0967. The van der Waals surface area contributed by atoms with Crippen LogP contribution in [-0.2, 0) is 6.54 Å². The van der Waals surface area contributed by atoms with Crippen LogP contribution in [0.3, 0.4) is 0 Å². The summed E-state index contributed by atoms with van der Waals surface area (Å²) >= 11 is 9.35. The Hall–Kier alpha value is -1.64. The van der Waals surface area contributed by atoms with Crippen molar-refractivity contribution in [2.45, 2.75) is 11.7 Å². The van der Waals surface area contributed by atoms with E-state index in [1.807, 2.05) is 18.2 Å². The summed E-state index contributed by atoms with van der Waals surface area (Å²) < 4.78 is 2.51. The average Bonchev–Trinajstić information content (AvgIpc) is 2.63. The Morgan fingerprint density at radius 2 is 2.12 bits per heavy atom. The molecule has 1 aromatic heterocycles. The smallest absolute Gasteiger partial charge is 0.262 e. The predicted octanol–water partition coefficient (Wildman–Crippen LogP) is 4.82. The fourth-order valence-corrected chi connectivity index (χ4v) is 4.03. The van der Waals surface area contributed by atoms with Gasteiger partial charge in [0.05, 0.1) is 16.7 Å². The Balaban J connectivity index is 1.95. The zero-order valence-corrected chi connectivity index (χ0v) is 17.3. The van der Waals surface area contributed by atoms with E-state index in [1.54, 1.807) is 34.9 Å². The van der Waals surface area contributed by atoms with Crippen molar-refractivity contribution in [3.05, 3.63) is 79.6 Å². The number of nitrogens with zero attached hydrogens (tertiary/aromatic N) is 2. The number of Topliss-reactive ketones (excluding diaryl/α,β-unsaturated/α-hetero) is 1. The molecule has 0 amide bonds. The van der Waals surface area contributed by atoms with Crippen molar-refractivity contribution in [3.8, 4) is 0 Å². The van der Waals surface area contributed by atoms with Gasteiger partial charge < -0.3 is 0 Å². The maximum Gasteiger partial charge on any atom is 0.262 e. The first-order chi connectivity index (χ1) is 12.5. The molecule has 4 nitrogen and oxygen atoms in total. The molecule has 0 spiro atoms. The molecular formula is C19H14ClIN2O2S. The normalized spacial score (nSPS) is 10.8. The minimum Gasteiger partial charge on any atom is -0.293 e. The molecule has 2 aromatic carbocycles. The van der Waals surface area contributed by atoms with Crippen molar-refractivity contribution in [2.75, 3.05) is 5.75 Å². The fourth-order valence-electron chi connectivity index (χ4n) is 2.45. The third-order valence-electron chi connectivity index (χ3n) is 3.67. The fraction of sp³-hybridized carbons (Fsp3) is 0.105. The second kappa shape index (κ2) is 8.37. The Bertz CT molecular complexity index is 1070. The van der Waals surface area contributed by atoms with Crippen molar-refractivity contribution in [1.82, 2.24) is 9.55 Å². The van der Waals surface area contributed by atoms with Crippen LogP contribution in [0.4, 0.5) is 0 Å². The largest absolute Gasteiger partial charge is 0.293 e. The first kappa shape index (κ1) is 19.1. The maximum absolute atomic E-state index is 12.8. The second-order valence-corrected chi connectivity index (χ2v) is 8.11. The van der Waals surface area contributed by atoms with E-state index in [4.69, 9.17) is 11.6 Å². The standard InChI is InChI=1S/C19H14ClIN2O2S/c1-2-8-23-18(25)15-10-14(21)6-7-16(15)22-19(23)26-11-17(24)12-4-3-5-13(20)9-12/h2-7,9-10H,1,8,11H2. The Kier molecular flexibility index (Phi) is 6.16. The SMILES string of the molecule is C=CCn1c(SCC(=O)c2cccc(Cl)c2)nc2ccc(I)cc2c1=O.